The molecular formula is C14H19ClN2O7. The molecule has 2 heterocycles. The SMILES string of the molecule is CC(C)(Cn1c(=O)ccn([C@@H]2O[C@H](CO)[C@@H](O)[C@H]2O)c1=O)C(=O)Cl. The fourth-order valence-electron chi connectivity index (χ4n) is 2.44. The molecule has 0 unspecified atom stereocenters. The van der Waals surface area contributed by atoms with Crippen LogP contribution in [0.25, 0.3) is 0 Å². The third kappa shape index (κ3) is 3.31. The van der Waals surface area contributed by atoms with Crippen LogP contribution in [0.4, 0.5) is 0 Å². The van der Waals surface area contributed by atoms with Crippen LogP contribution in [0.3, 0.4) is 0 Å². The van der Waals surface area contributed by atoms with Crippen molar-refractivity contribution >= 4 is 16.8 Å². The number of aromatic nitrogens is 2. The molecule has 1 saturated heterocycles. The predicted molar refractivity (Wildman–Crippen MR) is 82.6 cm³/mol. The molecule has 0 bridgehead atoms. The van der Waals surface area contributed by atoms with Crippen LogP contribution in [0.15, 0.2) is 21.9 Å². The van der Waals surface area contributed by atoms with Gasteiger partial charge in [0.2, 0.25) is 5.24 Å². The molecule has 1 aliphatic rings. The second-order valence-electron chi connectivity index (χ2n) is 6.32. The van der Waals surface area contributed by atoms with Gasteiger partial charge in [0.1, 0.15) is 18.3 Å². The third-order valence-electron chi connectivity index (χ3n) is 3.97. The molecule has 2 rings (SSSR count). The van der Waals surface area contributed by atoms with Crippen molar-refractivity contribution in [2.45, 2.75) is 44.9 Å². The van der Waals surface area contributed by atoms with Crippen molar-refractivity contribution in [1.29, 1.82) is 0 Å². The molecule has 0 spiro atoms. The molecule has 24 heavy (non-hydrogen) atoms. The molecule has 0 aliphatic carbocycles. The second kappa shape index (κ2) is 6.77. The number of aliphatic hydroxyl groups is 3. The van der Waals surface area contributed by atoms with Gasteiger partial charge in [0, 0.05) is 18.8 Å². The lowest BCUT2D eigenvalue weighted by molar-refractivity contribution is -0.119. The highest BCUT2D eigenvalue weighted by atomic mass is 35.5. The van der Waals surface area contributed by atoms with Crippen molar-refractivity contribution < 1.29 is 24.9 Å². The molecule has 3 N–H and O–H groups in total. The lowest BCUT2D eigenvalue weighted by atomic mass is 9.95. The van der Waals surface area contributed by atoms with E-state index in [0.717, 1.165) is 21.4 Å². The molecule has 10 heteroatoms. The van der Waals surface area contributed by atoms with Crippen molar-refractivity contribution in [3.05, 3.63) is 33.1 Å². The number of aliphatic hydroxyl groups excluding tert-OH is 3. The average Bonchev–Trinajstić information content (AvgIpc) is 2.79. The van der Waals surface area contributed by atoms with Gasteiger partial charge in [-0.1, -0.05) is 0 Å². The first-order valence-electron chi connectivity index (χ1n) is 7.24. The zero-order chi connectivity index (χ0) is 18.2. The van der Waals surface area contributed by atoms with Gasteiger partial charge in [0.05, 0.1) is 12.0 Å². The van der Waals surface area contributed by atoms with Crippen LogP contribution < -0.4 is 11.2 Å². The normalized spacial score (nSPS) is 27.4. The minimum Gasteiger partial charge on any atom is -0.394 e. The lowest BCUT2D eigenvalue weighted by Gasteiger charge is -2.22. The van der Waals surface area contributed by atoms with Gasteiger partial charge in [-0.3, -0.25) is 18.7 Å². The van der Waals surface area contributed by atoms with E-state index in [4.69, 9.17) is 21.4 Å². The van der Waals surface area contributed by atoms with E-state index in [2.05, 4.69) is 0 Å². The topological polar surface area (TPSA) is 131 Å². The average molecular weight is 363 g/mol. The summed E-state index contributed by atoms with van der Waals surface area (Å²) in [6.07, 6.45) is -4.05. The van der Waals surface area contributed by atoms with Crippen LogP contribution >= 0.6 is 11.6 Å². The minimum absolute atomic E-state index is 0.261. The summed E-state index contributed by atoms with van der Waals surface area (Å²) in [6, 6.07) is 1.07. The van der Waals surface area contributed by atoms with E-state index >= 15 is 0 Å². The highest BCUT2D eigenvalue weighted by Crippen LogP contribution is 2.28. The Morgan fingerprint density at radius 2 is 1.96 bits per heavy atom. The molecule has 134 valence electrons. The Kier molecular flexibility index (Phi) is 5.31. The van der Waals surface area contributed by atoms with Crippen LogP contribution in [0, 0.1) is 5.41 Å². The Labute approximate surface area is 141 Å². The number of carbonyl (C=O) groups is 1. The number of hydrogen-bond donors (Lipinski definition) is 3. The summed E-state index contributed by atoms with van der Waals surface area (Å²) in [5.74, 6) is 0. The molecule has 1 aromatic heterocycles. The fourth-order valence-corrected chi connectivity index (χ4v) is 2.50. The van der Waals surface area contributed by atoms with Crippen molar-refractivity contribution in [1.82, 2.24) is 9.13 Å². The Morgan fingerprint density at radius 1 is 1.33 bits per heavy atom. The number of hydrogen-bond acceptors (Lipinski definition) is 7. The smallest absolute Gasteiger partial charge is 0.333 e. The summed E-state index contributed by atoms with van der Waals surface area (Å²) < 4.78 is 7.01. The maximum absolute atomic E-state index is 12.6. The van der Waals surface area contributed by atoms with E-state index in [-0.39, 0.29) is 6.54 Å². The van der Waals surface area contributed by atoms with E-state index in [1.54, 1.807) is 0 Å². The van der Waals surface area contributed by atoms with Crippen LogP contribution in [0.1, 0.15) is 20.1 Å². The van der Waals surface area contributed by atoms with Crippen LogP contribution in [0.5, 0.6) is 0 Å². The molecule has 1 aliphatic heterocycles. The van der Waals surface area contributed by atoms with Crippen molar-refractivity contribution in [3.8, 4) is 0 Å². The van der Waals surface area contributed by atoms with E-state index in [1.807, 2.05) is 0 Å². The van der Waals surface area contributed by atoms with E-state index in [9.17, 15) is 24.6 Å². The Bertz CT molecular complexity index is 741. The third-order valence-corrected chi connectivity index (χ3v) is 4.48. The predicted octanol–water partition coefficient (Wildman–Crippen LogP) is -1.59. The number of rotatable bonds is 5. The van der Waals surface area contributed by atoms with Gasteiger partial charge in [0.15, 0.2) is 6.23 Å². The molecule has 9 nitrogen and oxygen atoms in total. The van der Waals surface area contributed by atoms with Gasteiger partial charge in [-0.15, -0.1) is 0 Å². The molecule has 0 aromatic carbocycles. The molecule has 0 amide bonds. The second-order valence-corrected chi connectivity index (χ2v) is 6.66. The molecule has 4 atom stereocenters. The summed E-state index contributed by atoms with van der Waals surface area (Å²) >= 11 is 5.48. The summed E-state index contributed by atoms with van der Waals surface area (Å²) in [6.45, 7) is 2.16. The standard InChI is InChI=1S/C14H19ClN2O7/c1-14(2,12(15)22)6-17-8(19)3-4-16(13(17)23)11-10(21)9(20)7(5-18)24-11/h3-4,7,9-11,18,20-21H,5-6H2,1-2H3/t7-,9-,10-,11-/m1/s1. The maximum Gasteiger partial charge on any atom is 0.333 e. The van der Waals surface area contributed by atoms with Gasteiger partial charge in [0.25, 0.3) is 5.56 Å². The summed E-state index contributed by atoms with van der Waals surface area (Å²) in [4.78, 5) is 36.0. The summed E-state index contributed by atoms with van der Waals surface area (Å²) in [7, 11) is 0. The minimum atomic E-state index is -1.46. The first-order valence-corrected chi connectivity index (χ1v) is 7.62. The van der Waals surface area contributed by atoms with Crippen LogP contribution in [-0.4, -0.2) is 54.6 Å². The van der Waals surface area contributed by atoms with Gasteiger partial charge >= 0.3 is 5.69 Å². The molecule has 0 saturated carbocycles. The van der Waals surface area contributed by atoms with Gasteiger partial charge in [-0.2, -0.15) is 0 Å². The van der Waals surface area contributed by atoms with E-state index in [1.165, 1.54) is 13.8 Å². The first-order chi connectivity index (χ1) is 11.1. The molecular weight excluding hydrogens is 344 g/mol. The van der Waals surface area contributed by atoms with Crippen LogP contribution in [0.2, 0.25) is 0 Å². The Balaban J connectivity index is 2.45. The maximum atomic E-state index is 12.6. The highest BCUT2D eigenvalue weighted by Gasteiger charge is 2.44. The van der Waals surface area contributed by atoms with Crippen molar-refractivity contribution in [2.75, 3.05) is 6.61 Å². The number of ether oxygens (including phenoxy) is 1. The Morgan fingerprint density at radius 3 is 2.46 bits per heavy atom. The quantitative estimate of drug-likeness (QED) is 0.538. The van der Waals surface area contributed by atoms with Gasteiger partial charge in [-0.25, -0.2) is 4.79 Å². The molecule has 0 radical (unpaired) electrons. The number of carbonyl (C=O) groups excluding carboxylic acids is 1. The largest absolute Gasteiger partial charge is 0.394 e. The summed E-state index contributed by atoms with van der Waals surface area (Å²) in [5, 5.41) is 28.2. The van der Waals surface area contributed by atoms with Crippen molar-refractivity contribution in [3.63, 3.8) is 0 Å². The van der Waals surface area contributed by atoms with Crippen LogP contribution in [-0.2, 0) is 16.1 Å². The van der Waals surface area contributed by atoms with E-state index in [0.29, 0.717) is 0 Å². The molecule has 1 fully saturated rings. The molecule has 1 aromatic rings. The zero-order valence-corrected chi connectivity index (χ0v) is 13.9. The van der Waals surface area contributed by atoms with Crippen molar-refractivity contribution in [2.24, 2.45) is 5.41 Å². The highest BCUT2D eigenvalue weighted by molar-refractivity contribution is 6.64. The van der Waals surface area contributed by atoms with E-state index < -0.39 is 53.1 Å². The summed E-state index contributed by atoms with van der Waals surface area (Å²) in [5.41, 5.74) is -2.64. The number of nitrogens with zero attached hydrogens (tertiary/aromatic N) is 2. The monoisotopic (exact) mass is 362 g/mol. The zero-order valence-electron chi connectivity index (χ0n) is 13.1. The van der Waals surface area contributed by atoms with Gasteiger partial charge in [-0.05, 0) is 25.4 Å². The van der Waals surface area contributed by atoms with Gasteiger partial charge < -0.3 is 20.1 Å². The first kappa shape index (κ1) is 18.8. The fraction of sp³-hybridized carbons (Fsp3) is 0.643. The lowest BCUT2D eigenvalue weighted by Crippen LogP contribution is -2.46. The Hall–Kier alpha value is -1.52. The number of halogens is 1.